The summed E-state index contributed by atoms with van der Waals surface area (Å²) in [4.78, 5) is 12.6. The minimum Gasteiger partial charge on any atom is -0.497 e. The lowest BCUT2D eigenvalue weighted by Gasteiger charge is -2.14. The number of methoxy groups -OCH3 is 1. The van der Waals surface area contributed by atoms with E-state index in [0.29, 0.717) is 22.9 Å². The molecule has 0 atom stereocenters. The summed E-state index contributed by atoms with van der Waals surface area (Å²) in [5.74, 6) is 0.903. The molecule has 0 saturated heterocycles. The van der Waals surface area contributed by atoms with E-state index in [2.05, 4.69) is 15.7 Å². The molecule has 1 aromatic heterocycles. The van der Waals surface area contributed by atoms with Gasteiger partial charge in [-0.25, -0.2) is 9.48 Å². The van der Waals surface area contributed by atoms with E-state index in [1.165, 1.54) is 30.0 Å². The maximum atomic E-state index is 13.2. The molecule has 0 saturated carbocycles. The van der Waals surface area contributed by atoms with Gasteiger partial charge in [-0.05, 0) is 24.3 Å². The van der Waals surface area contributed by atoms with Crippen molar-refractivity contribution in [1.29, 1.82) is 0 Å². The van der Waals surface area contributed by atoms with Crippen molar-refractivity contribution in [1.82, 2.24) is 9.78 Å². The van der Waals surface area contributed by atoms with Gasteiger partial charge in [0.05, 0.1) is 29.7 Å². The number of rotatable bonds is 4. The Bertz CT molecular complexity index is 1080. The van der Waals surface area contributed by atoms with Crippen LogP contribution in [0.5, 0.6) is 5.75 Å². The summed E-state index contributed by atoms with van der Waals surface area (Å²) in [5.41, 5.74) is -0.264. The van der Waals surface area contributed by atoms with E-state index in [1.807, 2.05) is 20.8 Å². The molecule has 2 amide bonds. The Kier molecular flexibility index (Phi) is 5.97. The molecule has 2 aromatic carbocycles. The highest BCUT2D eigenvalue weighted by molar-refractivity contribution is 6.00. The van der Waals surface area contributed by atoms with Crippen molar-refractivity contribution in [2.75, 3.05) is 17.7 Å². The number of urea groups is 1. The standard InChI is InChI=1S/C22H23F3N4O2/c1-21(2,3)18-13-19(29(28-18)14-8-7-9-15(12-14)31-4)27-20(30)26-17-11-6-5-10-16(17)22(23,24)25/h5-13H,1-4H3,(H2,26,27,30). The first kappa shape index (κ1) is 22.2. The van der Waals surface area contributed by atoms with Gasteiger partial charge in [0.1, 0.15) is 11.6 Å². The number of carbonyl (C=O) groups excluding carboxylic acids is 1. The number of alkyl halides is 3. The van der Waals surface area contributed by atoms with Crippen molar-refractivity contribution in [2.45, 2.75) is 32.4 Å². The Morgan fingerprint density at radius 2 is 1.71 bits per heavy atom. The number of benzene rings is 2. The molecule has 31 heavy (non-hydrogen) atoms. The van der Waals surface area contributed by atoms with E-state index in [1.54, 1.807) is 30.3 Å². The highest BCUT2D eigenvalue weighted by Gasteiger charge is 2.33. The highest BCUT2D eigenvalue weighted by Crippen LogP contribution is 2.34. The summed E-state index contributed by atoms with van der Waals surface area (Å²) in [6.07, 6.45) is -4.59. The fourth-order valence-electron chi connectivity index (χ4n) is 2.88. The molecule has 0 aliphatic heterocycles. The molecule has 1 heterocycles. The third kappa shape index (κ3) is 5.17. The van der Waals surface area contributed by atoms with Gasteiger partial charge in [0, 0.05) is 17.5 Å². The second-order valence-corrected chi connectivity index (χ2v) is 7.90. The van der Waals surface area contributed by atoms with E-state index < -0.39 is 17.8 Å². The van der Waals surface area contributed by atoms with Crippen LogP contribution in [0.25, 0.3) is 5.69 Å². The predicted octanol–water partition coefficient (Wildman–Crippen LogP) is 5.84. The maximum Gasteiger partial charge on any atom is 0.418 e. The van der Waals surface area contributed by atoms with E-state index in [9.17, 15) is 18.0 Å². The average molecular weight is 432 g/mol. The molecular weight excluding hydrogens is 409 g/mol. The fraction of sp³-hybridized carbons (Fsp3) is 0.273. The minimum absolute atomic E-state index is 0.306. The van der Waals surface area contributed by atoms with E-state index in [4.69, 9.17) is 4.74 Å². The molecule has 0 unspecified atom stereocenters. The summed E-state index contributed by atoms with van der Waals surface area (Å²) in [5, 5.41) is 9.47. The van der Waals surface area contributed by atoms with Gasteiger partial charge in [-0.15, -0.1) is 0 Å². The van der Waals surface area contributed by atoms with Gasteiger partial charge in [0.2, 0.25) is 0 Å². The SMILES string of the molecule is COc1cccc(-n2nc(C(C)(C)C)cc2NC(=O)Nc2ccccc2C(F)(F)F)c1. The number of halogens is 3. The number of aromatic nitrogens is 2. The highest BCUT2D eigenvalue weighted by atomic mass is 19.4. The minimum atomic E-state index is -4.59. The van der Waals surface area contributed by atoms with Gasteiger partial charge in [-0.3, -0.25) is 5.32 Å². The number of nitrogens with zero attached hydrogens (tertiary/aromatic N) is 2. The van der Waals surface area contributed by atoms with Crippen LogP contribution < -0.4 is 15.4 Å². The number of anilines is 2. The van der Waals surface area contributed by atoms with Gasteiger partial charge in [-0.2, -0.15) is 18.3 Å². The van der Waals surface area contributed by atoms with Crippen LogP contribution in [0.15, 0.2) is 54.6 Å². The second-order valence-electron chi connectivity index (χ2n) is 7.90. The Morgan fingerprint density at radius 1 is 1.00 bits per heavy atom. The number of carbonyl (C=O) groups is 1. The molecule has 0 radical (unpaired) electrons. The van der Waals surface area contributed by atoms with E-state index in [-0.39, 0.29) is 11.1 Å². The first-order valence-electron chi connectivity index (χ1n) is 9.48. The van der Waals surface area contributed by atoms with Crippen LogP contribution >= 0.6 is 0 Å². The number of hydrogen-bond acceptors (Lipinski definition) is 3. The van der Waals surface area contributed by atoms with Crippen molar-refractivity contribution < 1.29 is 22.7 Å². The molecular formula is C22H23F3N4O2. The molecule has 6 nitrogen and oxygen atoms in total. The zero-order valence-electron chi connectivity index (χ0n) is 17.5. The van der Waals surface area contributed by atoms with Crippen molar-refractivity contribution in [2.24, 2.45) is 0 Å². The van der Waals surface area contributed by atoms with Gasteiger partial charge in [0.25, 0.3) is 0 Å². The van der Waals surface area contributed by atoms with Crippen molar-refractivity contribution >= 4 is 17.5 Å². The first-order valence-corrected chi connectivity index (χ1v) is 9.48. The number of para-hydroxylation sites is 1. The Morgan fingerprint density at radius 3 is 2.35 bits per heavy atom. The van der Waals surface area contributed by atoms with Gasteiger partial charge < -0.3 is 10.1 Å². The van der Waals surface area contributed by atoms with Gasteiger partial charge in [-0.1, -0.05) is 39.0 Å². The normalized spacial score (nSPS) is 11.8. The molecule has 164 valence electrons. The van der Waals surface area contributed by atoms with Crippen LogP contribution in [-0.4, -0.2) is 22.9 Å². The van der Waals surface area contributed by atoms with Crippen LogP contribution in [0.1, 0.15) is 32.0 Å². The third-order valence-electron chi connectivity index (χ3n) is 4.50. The summed E-state index contributed by atoms with van der Waals surface area (Å²) in [6.45, 7) is 5.90. The van der Waals surface area contributed by atoms with Crippen molar-refractivity contribution in [3.05, 3.63) is 65.9 Å². The largest absolute Gasteiger partial charge is 0.497 e. The number of amides is 2. The zero-order valence-corrected chi connectivity index (χ0v) is 17.5. The molecule has 0 fully saturated rings. The van der Waals surface area contributed by atoms with E-state index >= 15 is 0 Å². The summed E-state index contributed by atoms with van der Waals surface area (Å²) in [7, 11) is 1.54. The first-order chi connectivity index (χ1) is 14.5. The molecule has 2 N–H and O–H groups in total. The molecule has 0 bridgehead atoms. The predicted molar refractivity (Wildman–Crippen MR) is 113 cm³/mol. The van der Waals surface area contributed by atoms with Crippen LogP contribution in [0, 0.1) is 0 Å². The van der Waals surface area contributed by atoms with Crippen LogP contribution in [0.4, 0.5) is 29.5 Å². The van der Waals surface area contributed by atoms with Crippen LogP contribution in [0.2, 0.25) is 0 Å². The summed E-state index contributed by atoms with van der Waals surface area (Å²) < 4.78 is 46.4. The zero-order chi connectivity index (χ0) is 22.8. The lowest BCUT2D eigenvalue weighted by atomic mass is 9.92. The lowest BCUT2D eigenvalue weighted by Crippen LogP contribution is -2.23. The molecule has 9 heteroatoms. The number of hydrogen-bond donors (Lipinski definition) is 2. The Hall–Kier alpha value is -3.49. The van der Waals surface area contributed by atoms with Crippen molar-refractivity contribution in [3.8, 4) is 11.4 Å². The van der Waals surface area contributed by atoms with Crippen LogP contribution in [0.3, 0.4) is 0 Å². The molecule has 3 aromatic rings. The lowest BCUT2D eigenvalue weighted by molar-refractivity contribution is -0.136. The van der Waals surface area contributed by atoms with Gasteiger partial charge in [0.15, 0.2) is 0 Å². The molecule has 0 spiro atoms. The van der Waals surface area contributed by atoms with E-state index in [0.717, 1.165) is 6.07 Å². The summed E-state index contributed by atoms with van der Waals surface area (Å²) in [6, 6.07) is 12.7. The Labute approximate surface area is 178 Å². The smallest absolute Gasteiger partial charge is 0.418 e. The number of ether oxygens (including phenoxy) is 1. The number of nitrogens with one attached hydrogen (secondary N) is 2. The molecule has 3 rings (SSSR count). The molecule has 0 aliphatic rings. The van der Waals surface area contributed by atoms with Crippen LogP contribution in [-0.2, 0) is 11.6 Å². The van der Waals surface area contributed by atoms with Crippen molar-refractivity contribution in [3.63, 3.8) is 0 Å². The Balaban J connectivity index is 1.94. The third-order valence-corrected chi connectivity index (χ3v) is 4.50. The molecule has 0 aliphatic carbocycles. The summed E-state index contributed by atoms with van der Waals surface area (Å²) >= 11 is 0. The maximum absolute atomic E-state index is 13.2. The quantitative estimate of drug-likeness (QED) is 0.544. The fourth-order valence-corrected chi connectivity index (χ4v) is 2.88. The monoisotopic (exact) mass is 432 g/mol. The average Bonchev–Trinajstić information content (AvgIpc) is 3.11. The van der Waals surface area contributed by atoms with Gasteiger partial charge >= 0.3 is 12.2 Å². The topological polar surface area (TPSA) is 68.2 Å². The second kappa shape index (κ2) is 8.33.